The maximum Gasteiger partial charge on any atom is 0.306 e. The number of anilines is 2. The van der Waals surface area contributed by atoms with Crippen LogP contribution in [-0.2, 0) is 19.1 Å². The lowest BCUT2D eigenvalue weighted by Crippen LogP contribution is -2.21. The van der Waals surface area contributed by atoms with Gasteiger partial charge in [-0.1, -0.05) is 29.3 Å². The molecule has 0 bridgehead atoms. The van der Waals surface area contributed by atoms with Crippen molar-refractivity contribution in [3.05, 3.63) is 81.8 Å². The molecule has 0 aliphatic heterocycles. The van der Waals surface area contributed by atoms with E-state index < -0.39 is 18.5 Å². The fraction of sp³-hybridized carbons (Fsp3) is 0.192. The first-order valence-corrected chi connectivity index (χ1v) is 12.0. The highest BCUT2D eigenvalue weighted by Gasteiger charge is 2.10. The van der Waals surface area contributed by atoms with Gasteiger partial charge in [-0.15, -0.1) is 0 Å². The van der Waals surface area contributed by atoms with E-state index in [1.54, 1.807) is 42.5 Å². The van der Waals surface area contributed by atoms with Gasteiger partial charge < -0.3 is 20.1 Å². The molecule has 0 saturated carbocycles. The van der Waals surface area contributed by atoms with Gasteiger partial charge in [0, 0.05) is 28.7 Å². The minimum atomic E-state index is -0.556. The van der Waals surface area contributed by atoms with Crippen LogP contribution in [0.3, 0.4) is 0 Å². The summed E-state index contributed by atoms with van der Waals surface area (Å²) in [4.78, 5) is 35.9. The third kappa shape index (κ3) is 9.07. The van der Waals surface area contributed by atoms with Gasteiger partial charge in [-0.3, -0.25) is 14.4 Å². The molecule has 0 atom stereocenters. The van der Waals surface area contributed by atoms with E-state index in [9.17, 15) is 14.4 Å². The summed E-state index contributed by atoms with van der Waals surface area (Å²) in [6, 6.07) is 19.7. The number of esters is 1. The predicted molar refractivity (Wildman–Crippen MR) is 139 cm³/mol. The average Bonchev–Trinajstić information content (AvgIpc) is 2.83. The van der Waals surface area contributed by atoms with Crippen LogP contribution in [0.25, 0.3) is 0 Å². The number of amides is 2. The van der Waals surface area contributed by atoms with Gasteiger partial charge in [-0.2, -0.15) is 0 Å². The van der Waals surface area contributed by atoms with Gasteiger partial charge in [0.2, 0.25) is 5.91 Å². The number of hydrogen-bond donors (Lipinski definition) is 2. The number of carbonyl (C=O) groups is 3. The zero-order valence-electron chi connectivity index (χ0n) is 19.0. The minimum absolute atomic E-state index is 0.0220. The lowest BCUT2D eigenvalue weighted by Gasteiger charge is -2.09. The summed E-state index contributed by atoms with van der Waals surface area (Å²) < 4.78 is 11.4. The molecule has 3 rings (SSSR count). The lowest BCUT2D eigenvalue weighted by molar-refractivity contribution is -0.147. The number of halogens is 2. The van der Waals surface area contributed by atoms with Crippen molar-refractivity contribution in [3.63, 3.8) is 0 Å². The Kier molecular flexibility index (Phi) is 9.69. The Morgan fingerprint density at radius 2 is 1.43 bits per heavy atom. The quantitative estimate of drug-likeness (QED) is 0.277. The average molecular weight is 560 g/mol. The van der Waals surface area contributed by atoms with Gasteiger partial charge in [0.1, 0.15) is 11.5 Å². The van der Waals surface area contributed by atoms with E-state index in [0.29, 0.717) is 33.0 Å². The summed E-state index contributed by atoms with van der Waals surface area (Å²) in [5.74, 6) is 0.120. The van der Waals surface area contributed by atoms with Gasteiger partial charge in [-0.25, -0.2) is 0 Å². The van der Waals surface area contributed by atoms with Gasteiger partial charge in [0.05, 0.1) is 5.02 Å². The summed E-state index contributed by atoms with van der Waals surface area (Å²) in [6.07, 6.45) is 0.456. The van der Waals surface area contributed by atoms with Crippen molar-refractivity contribution in [2.24, 2.45) is 0 Å². The highest BCUT2D eigenvalue weighted by molar-refractivity contribution is 9.10. The van der Waals surface area contributed by atoms with Crippen LogP contribution in [0.2, 0.25) is 5.02 Å². The van der Waals surface area contributed by atoms with E-state index >= 15 is 0 Å². The molecule has 0 aliphatic carbocycles. The molecule has 2 N–H and O–H groups in total. The van der Waals surface area contributed by atoms with Crippen molar-refractivity contribution in [2.45, 2.75) is 26.2 Å². The Hall–Kier alpha value is -3.36. The van der Waals surface area contributed by atoms with Crippen molar-refractivity contribution in [1.82, 2.24) is 0 Å². The van der Waals surface area contributed by atoms with Crippen LogP contribution >= 0.6 is 27.5 Å². The summed E-state index contributed by atoms with van der Waals surface area (Å²) in [5.41, 5.74) is 2.26. The van der Waals surface area contributed by atoms with E-state index in [0.717, 1.165) is 11.3 Å². The lowest BCUT2D eigenvalue weighted by atomic mass is 10.2. The molecule has 0 radical (unpaired) electrons. The Bertz CT molecular complexity index is 1180. The van der Waals surface area contributed by atoms with Gasteiger partial charge in [0.15, 0.2) is 6.61 Å². The minimum Gasteiger partial charge on any atom is -0.457 e. The first-order chi connectivity index (χ1) is 16.8. The Morgan fingerprint density at radius 3 is 2.09 bits per heavy atom. The third-order valence-corrected chi connectivity index (χ3v) is 5.98. The van der Waals surface area contributed by atoms with Crippen LogP contribution in [0.1, 0.15) is 24.8 Å². The fourth-order valence-electron chi connectivity index (χ4n) is 2.95. The molecule has 0 aliphatic rings. The SMILES string of the molecule is Cc1ccc(Oc2ccc(NC(=O)CCCC(=O)OCC(=O)Nc3ccc(Br)c(Cl)c3)cc2)cc1. The number of hydrogen-bond acceptors (Lipinski definition) is 5. The van der Waals surface area contributed by atoms with Crippen molar-refractivity contribution < 1.29 is 23.9 Å². The highest BCUT2D eigenvalue weighted by atomic mass is 79.9. The number of nitrogens with one attached hydrogen (secondary N) is 2. The van der Waals surface area contributed by atoms with Crippen LogP contribution in [0, 0.1) is 6.92 Å². The molecule has 0 heterocycles. The number of rotatable bonds is 10. The van der Waals surface area contributed by atoms with E-state index in [2.05, 4.69) is 26.6 Å². The maximum atomic E-state index is 12.1. The van der Waals surface area contributed by atoms with E-state index in [-0.39, 0.29) is 18.7 Å². The molecule has 3 aromatic carbocycles. The second-order valence-electron chi connectivity index (χ2n) is 7.68. The van der Waals surface area contributed by atoms with Crippen LogP contribution < -0.4 is 15.4 Å². The van der Waals surface area contributed by atoms with Crippen molar-refractivity contribution in [1.29, 1.82) is 0 Å². The molecule has 7 nitrogen and oxygen atoms in total. The maximum absolute atomic E-state index is 12.1. The Balaban J connectivity index is 1.32. The van der Waals surface area contributed by atoms with E-state index in [1.807, 2.05) is 31.2 Å². The molecule has 35 heavy (non-hydrogen) atoms. The first kappa shape index (κ1) is 26.2. The number of carbonyl (C=O) groups excluding carboxylic acids is 3. The molecule has 0 unspecified atom stereocenters. The Labute approximate surface area is 216 Å². The van der Waals surface area contributed by atoms with Crippen LogP contribution in [0.4, 0.5) is 11.4 Å². The van der Waals surface area contributed by atoms with Gasteiger partial charge >= 0.3 is 5.97 Å². The monoisotopic (exact) mass is 558 g/mol. The molecular formula is C26H24BrClN2O5. The van der Waals surface area contributed by atoms with Gasteiger partial charge in [0.25, 0.3) is 5.91 Å². The van der Waals surface area contributed by atoms with Crippen LogP contribution in [0.15, 0.2) is 71.2 Å². The molecule has 0 aromatic heterocycles. The van der Waals surface area contributed by atoms with Gasteiger partial charge in [-0.05, 0) is 83.9 Å². The fourth-order valence-corrected chi connectivity index (χ4v) is 3.38. The molecule has 3 aromatic rings. The largest absolute Gasteiger partial charge is 0.457 e. The zero-order chi connectivity index (χ0) is 25.2. The molecule has 0 saturated heterocycles. The van der Waals surface area contributed by atoms with Crippen molar-refractivity contribution in [2.75, 3.05) is 17.2 Å². The molecule has 9 heteroatoms. The molecule has 0 spiro atoms. The normalized spacial score (nSPS) is 10.4. The van der Waals surface area contributed by atoms with E-state index in [4.69, 9.17) is 21.1 Å². The standard InChI is InChI=1S/C26H24BrClN2O5/c1-17-5-10-20(11-6-17)35-21-12-7-18(8-13-21)29-24(31)3-2-4-26(33)34-16-25(32)30-19-9-14-22(27)23(28)15-19/h5-15H,2-4,16H2,1H3,(H,29,31)(H,30,32). The van der Waals surface area contributed by atoms with E-state index in [1.165, 1.54) is 0 Å². The second kappa shape index (κ2) is 12.9. The number of aryl methyl sites for hydroxylation is 1. The summed E-state index contributed by atoms with van der Waals surface area (Å²) >= 11 is 9.24. The third-order valence-electron chi connectivity index (χ3n) is 4.75. The number of ether oxygens (including phenoxy) is 2. The molecular weight excluding hydrogens is 536 g/mol. The highest BCUT2D eigenvalue weighted by Crippen LogP contribution is 2.25. The topological polar surface area (TPSA) is 93.7 Å². The van der Waals surface area contributed by atoms with Crippen molar-refractivity contribution >= 4 is 56.7 Å². The molecule has 182 valence electrons. The molecule has 0 fully saturated rings. The smallest absolute Gasteiger partial charge is 0.306 e. The van der Waals surface area contributed by atoms with Crippen molar-refractivity contribution in [3.8, 4) is 11.5 Å². The summed E-state index contributed by atoms with van der Waals surface area (Å²) in [7, 11) is 0. The summed E-state index contributed by atoms with van der Waals surface area (Å²) in [6.45, 7) is 1.59. The summed E-state index contributed by atoms with van der Waals surface area (Å²) in [5, 5.41) is 5.82. The molecule has 2 amide bonds. The number of benzene rings is 3. The van der Waals surface area contributed by atoms with Crippen LogP contribution in [0.5, 0.6) is 11.5 Å². The van der Waals surface area contributed by atoms with Crippen LogP contribution in [-0.4, -0.2) is 24.4 Å². The second-order valence-corrected chi connectivity index (χ2v) is 8.94. The predicted octanol–water partition coefficient (Wildman–Crippen LogP) is 6.49. The zero-order valence-corrected chi connectivity index (χ0v) is 21.3. The first-order valence-electron chi connectivity index (χ1n) is 10.8. The Morgan fingerprint density at radius 1 is 0.829 bits per heavy atom.